The van der Waals surface area contributed by atoms with Crippen molar-refractivity contribution in [3.8, 4) is 5.75 Å². The molecule has 3 atom stereocenters. The molecule has 0 saturated heterocycles. The second kappa shape index (κ2) is 12.9. The summed E-state index contributed by atoms with van der Waals surface area (Å²) < 4.78 is 45.0. The molecule has 1 aliphatic heterocycles. The molecular weight excluding hydrogens is 484 g/mol. The number of nitrogens with zero attached hydrogens (tertiary/aromatic N) is 2. The van der Waals surface area contributed by atoms with E-state index in [2.05, 4.69) is 5.32 Å². The van der Waals surface area contributed by atoms with Gasteiger partial charge in [0.05, 0.1) is 11.7 Å². The number of rotatable bonds is 6. The van der Waals surface area contributed by atoms with Crippen LogP contribution in [-0.4, -0.2) is 81.3 Å². The first-order chi connectivity index (χ1) is 17.6. The highest BCUT2D eigenvalue weighted by atomic mass is 19.1. The lowest BCUT2D eigenvalue weighted by molar-refractivity contribution is -0.119. The molecule has 0 radical (unpaired) electrons. The van der Waals surface area contributed by atoms with E-state index in [0.717, 1.165) is 12.1 Å². The number of nitrogens with one attached hydrogen (secondary N) is 1. The molecule has 10 heteroatoms. The van der Waals surface area contributed by atoms with Crippen LogP contribution in [-0.2, 0) is 20.8 Å². The third-order valence-corrected chi connectivity index (χ3v) is 6.51. The number of carbonyl (C=O) groups excluding carboxylic acids is 2. The fourth-order valence-electron chi connectivity index (χ4n) is 4.36. The minimum absolute atomic E-state index is 0.0436. The van der Waals surface area contributed by atoms with E-state index in [0.29, 0.717) is 24.5 Å². The van der Waals surface area contributed by atoms with Crippen LogP contribution < -0.4 is 10.1 Å². The van der Waals surface area contributed by atoms with Crippen molar-refractivity contribution in [2.24, 2.45) is 5.92 Å². The lowest BCUT2D eigenvalue weighted by Crippen LogP contribution is -2.46. The summed E-state index contributed by atoms with van der Waals surface area (Å²) >= 11 is 0. The molecule has 0 spiro atoms. The molecule has 1 N–H and O–H groups in total. The quantitative estimate of drug-likeness (QED) is 0.629. The Morgan fingerprint density at radius 3 is 2.59 bits per heavy atom. The van der Waals surface area contributed by atoms with Gasteiger partial charge in [0.2, 0.25) is 5.91 Å². The van der Waals surface area contributed by atoms with Gasteiger partial charge in [-0.2, -0.15) is 0 Å². The molecule has 1 aliphatic rings. The van der Waals surface area contributed by atoms with Crippen molar-refractivity contribution in [2.45, 2.75) is 32.5 Å². The molecule has 0 bridgehead atoms. The number of carbonyl (C=O) groups is 2. The van der Waals surface area contributed by atoms with Gasteiger partial charge in [-0.25, -0.2) is 8.78 Å². The first-order valence-corrected chi connectivity index (χ1v) is 12.1. The number of fused-ring (bicyclic) bond motifs is 1. The number of benzene rings is 2. The monoisotopic (exact) mass is 519 g/mol. The second-order valence-electron chi connectivity index (χ2n) is 9.45. The van der Waals surface area contributed by atoms with Crippen molar-refractivity contribution in [3.05, 3.63) is 59.2 Å². The maximum atomic E-state index is 14.5. The van der Waals surface area contributed by atoms with Crippen LogP contribution in [0.4, 0.5) is 14.5 Å². The fourth-order valence-corrected chi connectivity index (χ4v) is 4.36. The summed E-state index contributed by atoms with van der Waals surface area (Å²) in [6.07, 6.45) is -0.311. The van der Waals surface area contributed by atoms with E-state index >= 15 is 0 Å². The molecule has 0 saturated carbocycles. The molecule has 37 heavy (non-hydrogen) atoms. The summed E-state index contributed by atoms with van der Waals surface area (Å²) in [5.74, 6) is -1.29. The van der Waals surface area contributed by atoms with Crippen LogP contribution in [0.25, 0.3) is 0 Å². The average Bonchev–Trinajstić information content (AvgIpc) is 2.86. The number of likely N-dealkylation sites (N-methyl/N-ethyl adjacent to an activating group) is 1. The van der Waals surface area contributed by atoms with Gasteiger partial charge in [0.1, 0.15) is 30.6 Å². The van der Waals surface area contributed by atoms with Crippen LogP contribution in [0.1, 0.15) is 29.8 Å². The first kappa shape index (κ1) is 28.5. The summed E-state index contributed by atoms with van der Waals surface area (Å²) in [6.45, 7) is 5.00. The number of methoxy groups -OCH3 is 2. The lowest BCUT2D eigenvalue weighted by atomic mass is 10.0. The Balaban J connectivity index is 1.94. The Morgan fingerprint density at radius 2 is 1.89 bits per heavy atom. The average molecular weight is 520 g/mol. The van der Waals surface area contributed by atoms with Gasteiger partial charge in [0.15, 0.2) is 0 Å². The van der Waals surface area contributed by atoms with Gasteiger partial charge >= 0.3 is 0 Å². The number of amides is 2. The van der Waals surface area contributed by atoms with E-state index in [4.69, 9.17) is 14.2 Å². The zero-order valence-electron chi connectivity index (χ0n) is 21.9. The maximum absolute atomic E-state index is 14.5. The third-order valence-electron chi connectivity index (χ3n) is 6.51. The van der Waals surface area contributed by atoms with Gasteiger partial charge < -0.3 is 24.4 Å². The van der Waals surface area contributed by atoms with Gasteiger partial charge in [0, 0.05) is 58.2 Å². The maximum Gasteiger partial charge on any atom is 0.257 e. The molecular formula is C27H35F2N3O5. The zero-order valence-corrected chi connectivity index (χ0v) is 21.9. The molecule has 0 unspecified atom stereocenters. The third kappa shape index (κ3) is 7.47. The van der Waals surface area contributed by atoms with Crippen LogP contribution in [0.15, 0.2) is 36.4 Å². The number of ether oxygens (including phenoxy) is 3. The summed E-state index contributed by atoms with van der Waals surface area (Å²) in [5.41, 5.74) is 0.978. The molecule has 2 aromatic carbocycles. The highest BCUT2D eigenvalue weighted by Gasteiger charge is 2.29. The molecule has 3 rings (SSSR count). The summed E-state index contributed by atoms with van der Waals surface area (Å²) in [5, 5.41) is 2.71. The van der Waals surface area contributed by atoms with Crippen LogP contribution in [0, 0.1) is 17.6 Å². The number of hydrogen-bond donors (Lipinski definition) is 1. The van der Waals surface area contributed by atoms with Gasteiger partial charge in [-0.05, 0) is 49.2 Å². The second-order valence-corrected chi connectivity index (χ2v) is 9.45. The normalized spacial score (nSPS) is 21.4. The van der Waals surface area contributed by atoms with Crippen molar-refractivity contribution >= 4 is 17.5 Å². The van der Waals surface area contributed by atoms with Crippen LogP contribution >= 0.6 is 0 Å². The standard InChI is InChI=1S/C27H35F2N3O5/c1-17-12-32(13-19-10-20(28)6-8-23(19)29)18(2)15-37-24-9-7-21(30-26(33)16-35-4)11-22(24)27(34)31(3)14-25(17)36-5/h6-11,17-18,25H,12-16H2,1-5H3,(H,30,33)/t17-,18-,25-/m0/s1. The fraction of sp³-hybridized carbons (Fsp3) is 0.481. The van der Waals surface area contributed by atoms with Gasteiger partial charge in [-0.3, -0.25) is 14.5 Å². The van der Waals surface area contributed by atoms with E-state index in [1.807, 2.05) is 18.7 Å². The predicted octanol–water partition coefficient (Wildman–Crippen LogP) is 3.56. The Morgan fingerprint density at radius 1 is 1.14 bits per heavy atom. The van der Waals surface area contributed by atoms with Crippen molar-refractivity contribution < 1.29 is 32.6 Å². The SMILES string of the molecule is COCC(=O)Nc1ccc2c(c1)C(=O)N(C)C[C@H](OC)[C@@H](C)CN(Cc1cc(F)ccc1F)[C@@H](C)CO2. The number of hydrogen-bond acceptors (Lipinski definition) is 6. The van der Waals surface area contributed by atoms with Crippen LogP contribution in [0.3, 0.4) is 0 Å². The van der Waals surface area contributed by atoms with Crippen molar-refractivity contribution in [2.75, 3.05) is 52.9 Å². The summed E-state index contributed by atoms with van der Waals surface area (Å²) in [7, 11) is 4.69. The first-order valence-electron chi connectivity index (χ1n) is 12.1. The van der Waals surface area contributed by atoms with Gasteiger partial charge in [-0.1, -0.05) is 6.92 Å². The summed E-state index contributed by atoms with van der Waals surface area (Å²) in [6, 6.07) is 8.08. The summed E-state index contributed by atoms with van der Waals surface area (Å²) in [4.78, 5) is 29.0. The molecule has 0 aromatic heterocycles. The molecule has 8 nitrogen and oxygen atoms in total. The highest BCUT2D eigenvalue weighted by molar-refractivity contribution is 5.99. The minimum Gasteiger partial charge on any atom is -0.491 e. The van der Waals surface area contributed by atoms with Crippen LogP contribution in [0.5, 0.6) is 5.75 Å². The van der Waals surface area contributed by atoms with Crippen LogP contribution in [0.2, 0.25) is 0 Å². The Labute approximate surface area is 216 Å². The van der Waals surface area contributed by atoms with E-state index in [1.54, 1.807) is 37.3 Å². The Hall–Kier alpha value is -3.08. The highest BCUT2D eigenvalue weighted by Crippen LogP contribution is 2.27. The van der Waals surface area contributed by atoms with E-state index in [9.17, 15) is 18.4 Å². The van der Waals surface area contributed by atoms with Crippen molar-refractivity contribution in [1.29, 1.82) is 0 Å². The minimum atomic E-state index is -0.500. The Bertz CT molecular complexity index is 1100. The molecule has 2 aromatic rings. The lowest BCUT2D eigenvalue weighted by Gasteiger charge is -2.36. The van der Waals surface area contributed by atoms with Gasteiger partial charge in [-0.15, -0.1) is 0 Å². The zero-order chi connectivity index (χ0) is 27.1. The molecule has 2 amide bonds. The molecule has 202 valence electrons. The number of anilines is 1. The van der Waals surface area contributed by atoms with E-state index < -0.39 is 11.6 Å². The number of halogens is 2. The Kier molecular flexibility index (Phi) is 9.96. The van der Waals surface area contributed by atoms with E-state index in [1.165, 1.54) is 13.2 Å². The molecule has 0 aliphatic carbocycles. The van der Waals surface area contributed by atoms with Gasteiger partial charge in [0.25, 0.3) is 5.91 Å². The smallest absolute Gasteiger partial charge is 0.257 e. The van der Waals surface area contributed by atoms with Crippen molar-refractivity contribution in [3.63, 3.8) is 0 Å². The molecule has 0 fully saturated rings. The topological polar surface area (TPSA) is 80.3 Å². The van der Waals surface area contributed by atoms with Crippen molar-refractivity contribution in [1.82, 2.24) is 9.80 Å². The predicted molar refractivity (Wildman–Crippen MR) is 136 cm³/mol. The van der Waals surface area contributed by atoms with E-state index in [-0.39, 0.29) is 60.8 Å². The molecule has 1 heterocycles. The largest absolute Gasteiger partial charge is 0.491 e.